The number of aliphatic hydroxyl groups is 1. The Balaban J connectivity index is 2.81. The summed E-state index contributed by atoms with van der Waals surface area (Å²) in [4.78, 5) is 85.7. The first-order valence-corrected chi connectivity index (χ1v) is 14.0. The second-order valence-electron chi connectivity index (χ2n) is 11.2. The van der Waals surface area contributed by atoms with E-state index in [0.717, 1.165) is 0 Å². The Labute approximate surface area is 244 Å². The average Bonchev–Trinajstić information content (AvgIpc) is 3.32. The van der Waals surface area contributed by atoms with Crippen molar-refractivity contribution in [2.24, 2.45) is 17.6 Å². The van der Waals surface area contributed by atoms with Gasteiger partial charge in [-0.25, -0.2) is 4.79 Å². The summed E-state index contributed by atoms with van der Waals surface area (Å²) in [6.07, 6.45) is -0.552. The van der Waals surface area contributed by atoms with Crippen LogP contribution in [0.3, 0.4) is 0 Å². The van der Waals surface area contributed by atoms with Crippen molar-refractivity contribution in [3.05, 3.63) is 0 Å². The van der Waals surface area contributed by atoms with Gasteiger partial charge < -0.3 is 47.8 Å². The number of aliphatic hydroxyl groups excluding tert-OH is 1. The van der Waals surface area contributed by atoms with E-state index in [1.54, 1.807) is 27.7 Å². The van der Waals surface area contributed by atoms with Gasteiger partial charge in [0.15, 0.2) is 0 Å². The van der Waals surface area contributed by atoms with Crippen LogP contribution in [-0.2, 0) is 33.6 Å². The van der Waals surface area contributed by atoms with Gasteiger partial charge in [0, 0.05) is 13.0 Å². The zero-order valence-electron chi connectivity index (χ0n) is 24.5. The highest BCUT2D eigenvalue weighted by Crippen LogP contribution is 2.08. The first kappa shape index (κ1) is 36.2. The standard InChI is InChI=1S/C26H45N7O9/c1-13(2)7-18(24(39)30-12-22(37)32-19(26(41)42)8-14(3)4)33-25(40)16(5-6-20(27)35)31-21(36)11-29-23(38)17-9-15(34)10-28-17/h13-19,28,34H,5-12H2,1-4H3,(H2,27,35)(H,29,38)(H,30,39)(H,31,36)(H,32,37)(H,33,40)(H,41,42)/t15-,16?,17+,18+,19+/m1/s1. The Hall–Kier alpha value is -3.79. The second-order valence-corrected chi connectivity index (χ2v) is 11.2. The summed E-state index contributed by atoms with van der Waals surface area (Å²) in [7, 11) is 0. The number of β-amino-alcohol motifs (C(OH)–C–C–N with tert-alkyl or cyclic N) is 1. The van der Waals surface area contributed by atoms with Gasteiger partial charge in [-0.15, -0.1) is 0 Å². The maximum atomic E-state index is 13.1. The zero-order chi connectivity index (χ0) is 32.0. The molecule has 0 saturated carbocycles. The molecule has 238 valence electrons. The Morgan fingerprint density at radius 3 is 1.86 bits per heavy atom. The van der Waals surface area contributed by atoms with Crippen LogP contribution in [0.15, 0.2) is 0 Å². The van der Waals surface area contributed by atoms with E-state index in [9.17, 15) is 43.8 Å². The summed E-state index contributed by atoms with van der Waals surface area (Å²) in [5.74, 6) is -5.45. The molecule has 0 aromatic carbocycles. The molecule has 16 heteroatoms. The van der Waals surface area contributed by atoms with Crippen molar-refractivity contribution in [2.75, 3.05) is 19.6 Å². The monoisotopic (exact) mass is 599 g/mol. The fourth-order valence-electron chi connectivity index (χ4n) is 4.21. The third-order valence-electron chi connectivity index (χ3n) is 6.28. The molecule has 1 aliphatic rings. The molecule has 1 saturated heterocycles. The molecule has 10 N–H and O–H groups in total. The fraction of sp³-hybridized carbons (Fsp3) is 0.731. The number of hydrogen-bond donors (Lipinski definition) is 9. The van der Waals surface area contributed by atoms with Gasteiger partial charge in [0.1, 0.15) is 18.1 Å². The van der Waals surface area contributed by atoms with Gasteiger partial charge in [-0.1, -0.05) is 27.7 Å². The topological polar surface area (TPSA) is 258 Å². The number of rotatable bonds is 18. The van der Waals surface area contributed by atoms with Gasteiger partial charge in [-0.05, 0) is 37.5 Å². The van der Waals surface area contributed by atoms with Crippen molar-refractivity contribution in [1.82, 2.24) is 31.9 Å². The Morgan fingerprint density at radius 2 is 1.36 bits per heavy atom. The highest BCUT2D eigenvalue weighted by Gasteiger charge is 2.30. The lowest BCUT2D eigenvalue weighted by Gasteiger charge is -2.24. The normalized spacial score (nSPS) is 18.5. The molecule has 5 atom stereocenters. The number of nitrogens with two attached hydrogens (primary N) is 1. The van der Waals surface area contributed by atoms with Crippen molar-refractivity contribution in [1.29, 1.82) is 0 Å². The number of carbonyl (C=O) groups is 7. The Kier molecular flexibility index (Phi) is 15.4. The SMILES string of the molecule is CC(C)C[C@H](NC(=O)CNC(=O)[C@H](CC(C)C)NC(=O)C(CCC(N)=O)NC(=O)CNC(=O)[C@@H]1C[C@@H](O)CN1)C(=O)O. The molecule has 6 amide bonds. The van der Waals surface area contributed by atoms with Gasteiger partial charge in [-0.3, -0.25) is 28.8 Å². The van der Waals surface area contributed by atoms with Gasteiger partial charge in [0.2, 0.25) is 35.4 Å². The van der Waals surface area contributed by atoms with Crippen LogP contribution in [0.2, 0.25) is 0 Å². The van der Waals surface area contributed by atoms with Crippen molar-refractivity contribution >= 4 is 41.4 Å². The number of carboxylic acids is 1. The molecule has 1 fully saturated rings. The minimum Gasteiger partial charge on any atom is -0.480 e. The lowest BCUT2D eigenvalue weighted by atomic mass is 10.0. The van der Waals surface area contributed by atoms with E-state index in [1.165, 1.54) is 0 Å². The largest absolute Gasteiger partial charge is 0.480 e. The number of nitrogens with one attached hydrogen (secondary N) is 6. The van der Waals surface area contributed by atoms with Crippen LogP contribution in [0.5, 0.6) is 0 Å². The molecular formula is C26H45N7O9. The quantitative estimate of drug-likeness (QED) is 0.0764. The van der Waals surface area contributed by atoms with Crippen LogP contribution in [0.1, 0.15) is 59.8 Å². The predicted molar refractivity (Wildman–Crippen MR) is 149 cm³/mol. The fourth-order valence-corrected chi connectivity index (χ4v) is 4.21. The number of carbonyl (C=O) groups excluding carboxylic acids is 6. The molecule has 0 bridgehead atoms. The van der Waals surface area contributed by atoms with Crippen molar-refractivity contribution < 1.29 is 43.8 Å². The third kappa shape index (κ3) is 14.2. The zero-order valence-corrected chi connectivity index (χ0v) is 24.5. The van der Waals surface area contributed by atoms with Gasteiger partial charge in [0.05, 0.1) is 25.2 Å². The number of hydrogen-bond acceptors (Lipinski definition) is 9. The Bertz CT molecular complexity index is 989. The number of aliphatic carboxylic acids is 1. The van der Waals surface area contributed by atoms with Crippen LogP contribution in [0, 0.1) is 11.8 Å². The van der Waals surface area contributed by atoms with Crippen LogP contribution >= 0.6 is 0 Å². The molecule has 1 heterocycles. The van der Waals surface area contributed by atoms with Crippen molar-refractivity contribution in [2.45, 2.75) is 90.1 Å². The number of carboxylic acid groups (broad SMARTS) is 1. The molecule has 16 nitrogen and oxygen atoms in total. The van der Waals surface area contributed by atoms with Crippen LogP contribution in [-0.4, -0.2) is 102 Å². The minimum absolute atomic E-state index is 0.00391. The van der Waals surface area contributed by atoms with E-state index in [4.69, 9.17) is 5.73 Å². The molecule has 42 heavy (non-hydrogen) atoms. The lowest BCUT2D eigenvalue weighted by Crippen LogP contribution is -2.56. The average molecular weight is 600 g/mol. The molecule has 0 spiro atoms. The molecule has 0 radical (unpaired) electrons. The van der Waals surface area contributed by atoms with Crippen molar-refractivity contribution in [3.8, 4) is 0 Å². The predicted octanol–water partition coefficient (Wildman–Crippen LogP) is -3.16. The van der Waals surface area contributed by atoms with Crippen LogP contribution in [0.4, 0.5) is 0 Å². The van der Waals surface area contributed by atoms with E-state index in [-0.39, 0.29) is 50.5 Å². The van der Waals surface area contributed by atoms with Gasteiger partial charge in [0.25, 0.3) is 0 Å². The molecule has 1 unspecified atom stereocenters. The van der Waals surface area contributed by atoms with E-state index in [0.29, 0.717) is 0 Å². The highest BCUT2D eigenvalue weighted by molar-refractivity contribution is 5.95. The molecule has 0 aliphatic carbocycles. The molecule has 0 aromatic heterocycles. The molecular weight excluding hydrogens is 554 g/mol. The van der Waals surface area contributed by atoms with Crippen LogP contribution in [0.25, 0.3) is 0 Å². The molecule has 1 rings (SSSR count). The number of amides is 6. The van der Waals surface area contributed by atoms with E-state index >= 15 is 0 Å². The first-order valence-electron chi connectivity index (χ1n) is 14.0. The number of primary amides is 1. The minimum atomic E-state index is -1.27. The maximum absolute atomic E-state index is 13.1. The summed E-state index contributed by atoms with van der Waals surface area (Å²) in [5.41, 5.74) is 5.21. The molecule has 0 aromatic rings. The van der Waals surface area contributed by atoms with E-state index < -0.39 is 84.8 Å². The Morgan fingerprint density at radius 1 is 0.810 bits per heavy atom. The van der Waals surface area contributed by atoms with E-state index in [1.807, 2.05) is 0 Å². The summed E-state index contributed by atoms with van der Waals surface area (Å²) in [5, 5.41) is 33.8. The second kappa shape index (κ2) is 17.9. The lowest BCUT2D eigenvalue weighted by molar-refractivity contribution is -0.142. The highest BCUT2D eigenvalue weighted by atomic mass is 16.4. The first-order chi connectivity index (χ1) is 19.6. The summed E-state index contributed by atoms with van der Waals surface area (Å²) in [6.45, 7) is 6.45. The van der Waals surface area contributed by atoms with Crippen LogP contribution < -0.4 is 37.6 Å². The summed E-state index contributed by atoms with van der Waals surface area (Å²) < 4.78 is 0. The third-order valence-corrected chi connectivity index (χ3v) is 6.28. The van der Waals surface area contributed by atoms with Gasteiger partial charge >= 0.3 is 5.97 Å². The summed E-state index contributed by atoms with van der Waals surface area (Å²) >= 11 is 0. The maximum Gasteiger partial charge on any atom is 0.326 e. The smallest absolute Gasteiger partial charge is 0.326 e. The summed E-state index contributed by atoms with van der Waals surface area (Å²) in [6, 6.07) is -4.18. The molecule has 1 aliphatic heterocycles. The van der Waals surface area contributed by atoms with Gasteiger partial charge in [-0.2, -0.15) is 0 Å². The van der Waals surface area contributed by atoms with Crippen molar-refractivity contribution in [3.63, 3.8) is 0 Å². The van der Waals surface area contributed by atoms with E-state index in [2.05, 4.69) is 31.9 Å².